The molecule has 2 aromatic carbocycles. The van der Waals surface area contributed by atoms with Gasteiger partial charge in [0, 0.05) is 30.2 Å². The Hall–Kier alpha value is -2.10. The number of rotatable bonds is 8. The maximum Gasteiger partial charge on any atom is 0.224 e. The van der Waals surface area contributed by atoms with Crippen molar-refractivity contribution in [2.24, 2.45) is 0 Å². The number of nitrogens with zero attached hydrogens (tertiary/aromatic N) is 1. The summed E-state index contributed by atoms with van der Waals surface area (Å²) in [7, 11) is -3.22. The molecule has 3 rings (SSSR count). The highest BCUT2D eigenvalue weighted by atomic mass is 79.9. The Morgan fingerprint density at radius 1 is 1.17 bits per heavy atom. The third kappa shape index (κ3) is 6.45. The lowest BCUT2D eigenvalue weighted by molar-refractivity contribution is -0.116. The number of carbonyl (C=O) groups is 1. The van der Waals surface area contributed by atoms with Crippen molar-refractivity contribution in [3.05, 3.63) is 46.9 Å². The lowest BCUT2D eigenvalue weighted by Gasteiger charge is -2.30. The molecule has 0 aliphatic carbocycles. The number of halogens is 1. The Morgan fingerprint density at radius 3 is 2.53 bits per heavy atom. The van der Waals surface area contributed by atoms with Crippen LogP contribution in [-0.4, -0.2) is 53.5 Å². The number of anilines is 2. The van der Waals surface area contributed by atoms with Gasteiger partial charge in [-0.1, -0.05) is 15.9 Å². The highest BCUT2D eigenvalue weighted by Gasteiger charge is 2.16. The Labute approximate surface area is 185 Å². The van der Waals surface area contributed by atoms with Crippen LogP contribution in [0.5, 0.6) is 5.75 Å². The van der Waals surface area contributed by atoms with Gasteiger partial charge in [-0.3, -0.25) is 4.79 Å². The standard InChI is InChI=1S/C21H25BrN2O5S/c1-30(26,27)18-7-5-17(6-8-18)29-12-2-3-21(25)23-19-15-16(22)4-9-20(19)24-10-13-28-14-11-24/h4-9,15H,2-3,10-14H2,1H3,(H,23,25). The number of hydrogen-bond acceptors (Lipinski definition) is 6. The fourth-order valence-corrected chi connectivity index (χ4v) is 4.10. The van der Waals surface area contributed by atoms with E-state index in [1.807, 2.05) is 18.2 Å². The average molecular weight is 497 g/mol. The van der Waals surface area contributed by atoms with Crippen LogP contribution in [-0.2, 0) is 19.4 Å². The molecule has 1 heterocycles. The third-order valence-corrected chi connectivity index (χ3v) is 6.27. The van der Waals surface area contributed by atoms with E-state index in [-0.39, 0.29) is 10.8 Å². The molecular formula is C21H25BrN2O5S. The van der Waals surface area contributed by atoms with Gasteiger partial charge in [-0.05, 0) is 48.9 Å². The van der Waals surface area contributed by atoms with Gasteiger partial charge in [0.15, 0.2) is 9.84 Å². The molecule has 2 aromatic rings. The summed E-state index contributed by atoms with van der Waals surface area (Å²) in [5.74, 6) is 0.489. The summed E-state index contributed by atoms with van der Waals surface area (Å²) in [5.41, 5.74) is 1.76. The quantitative estimate of drug-likeness (QED) is 0.563. The number of carbonyl (C=O) groups excluding carboxylic acids is 1. The zero-order chi connectivity index (χ0) is 21.6. The van der Waals surface area contributed by atoms with Gasteiger partial charge in [0.25, 0.3) is 0 Å². The number of nitrogens with one attached hydrogen (secondary N) is 1. The minimum absolute atomic E-state index is 0.0846. The summed E-state index contributed by atoms with van der Waals surface area (Å²) < 4.78 is 34.9. The van der Waals surface area contributed by atoms with Crippen molar-refractivity contribution in [1.82, 2.24) is 0 Å². The minimum atomic E-state index is -3.22. The van der Waals surface area contributed by atoms with Crippen molar-refractivity contribution >= 4 is 43.0 Å². The average Bonchev–Trinajstić information content (AvgIpc) is 2.72. The summed E-state index contributed by atoms with van der Waals surface area (Å²) in [6.07, 6.45) is 2.02. The van der Waals surface area contributed by atoms with Gasteiger partial charge < -0.3 is 19.7 Å². The number of ether oxygens (including phenoxy) is 2. The predicted octanol–water partition coefficient (Wildman–Crippen LogP) is 3.49. The number of morpholine rings is 1. The Balaban J connectivity index is 1.49. The third-order valence-electron chi connectivity index (χ3n) is 4.65. The SMILES string of the molecule is CS(=O)(=O)c1ccc(OCCCC(=O)Nc2cc(Br)ccc2N2CCOCC2)cc1. The van der Waals surface area contributed by atoms with Crippen molar-refractivity contribution in [3.8, 4) is 5.75 Å². The smallest absolute Gasteiger partial charge is 0.224 e. The zero-order valence-corrected chi connectivity index (χ0v) is 19.2. The summed E-state index contributed by atoms with van der Waals surface area (Å²) in [6.45, 7) is 3.28. The molecular weight excluding hydrogens is 472 g/mol. The molecule has 30 heavy (non-hydrogen) atoms. The topological polar surface area (TPSA) is 84.9 Å². The van der Waals surface area contributed by atoms with E-state index in [4.69, 9.17) is 9.47 Å². The van der Waals surface area contributed by atoms with E-state index in [0.29, 0.717) is 38.4 Å². The zero-order valence-electron chi connectivity index (χ0n) is 16.8. The van der Waals surface area contributed by atoms with Gasteiger partial charge >= 0.3 is 0 Å². The molecule has 0 unspecified atom stereocenters. The molecule has 1 fully saturated rings. The van der Waals surface area contributed by atoms with Gasteiger partial charge in [-0.2, -0.15) is 0 Å². The van der Waals surface area contributed by atoms with Crippen LogP contribution < -0.4 is 15.0 Å². The second-order valence-electron chi connectivity index (χ2n) is 7.00. The molecule has 1 N–H and O–H groups in total. The number of sulfone groups is 1. The molecule has 0 saturated carbocycles. The van der Waals surface area contributed by atoms with E-state index in [9.17, 15) is 13.2 Å². The number of amides is 1. The minimum Gasteiger partial charge on any atom is -0.494 e. The van der Waals surface area contributed by atoms with Crippen molar-refractivity contribution < 1.29 is 22.7 Å². The maximum absolute atomic E-state index is 12.4. The molecule has 1 saturated heterocycles. The first-order chi connectivity index (χ1) is 14.3. The molecule has 0 atom stereocenters. The van der Waals surface area contributed by atoms with Crippen LogP contribution in [0.3, 0.4) is 0 Å². The predicted molar refractivity (Wildman–Crippen MR) is 120 cm³/mol. The summed E-state index contributed by atoms with van der Waals surface area (Å²) >= 11 is 3.47. The molecule has 0 spiro atoms. The van der Waals surface area contributed by atoms with E-state index >= 15 is 0 Å². The monoisotopic (exact) mass is 496 g/mol. The normalized spacial score (nSPS) is 14.4. The molecule has 0 radical (unpaired) electrons. The molecule has 7 nitrogen and oxygen atoms in total. The second kappa shape index (κ2) is 10.3. The van der Waals surface area contributed by atoms with Gasteiger partial charge in [0.2, 0.25) is 5.91 Å². The summed E-state index contributed by atoms with van der Waals surface area (Å²) in [6, 6.07) is 12.1. The summed E-state index contributed by atoms with van der Waals surface area (Å²) in [5, 5.41) is 3.00. The van der Waals surface area contributed by atoms with Crippen LogP contribution in [0.1, 0.15) is 12.8 Å². The second-order valence-corrected chi connectivity index (χ2v) is 9.94. The van der Waals surface area contributed by atoms with Gasteiger partial charge in [-0.25, -0.2) is 8.42 Å². The Bertz CT molecular complexity index is 973. The Morgan fingerprint density at radius 2 is 1.87 bits per heavy atom. The maximum atomic E-state index is 12.4. The van der Waals surface area contributed by atoms with Gasteiger partial charge in [0.05, 0.1) is 36.1 Å². The largest absolute Gasteiger partial charge is 0.494 e. The van der Waals surface area contributed by atoms with Crippen LogP contribution >= 0.6 is 15.9 Å². The first kappa shape index (κ1) is 22.6. The number of hydrogen-bond donors (Lipinski definition) is 1. The van der Waals surface area contributed by atoms with Crippen LogP contribution in [0.15, 0.2) is 51.8 Å². The highest BCUT2D eigenvalue weighted by Crippen LogP contribution is 2.30. The van der Waals surface area contributed by atoms with E-state index in [2.05, 4.69) is 26.1 Å². The Kier molecular flexibility index (Phi) is 7.74. The lowest BCUT2D eigenvalue weighted by atomic mass is 10.2. The summed E-state index contributed by atoms with van der Waals surface area (Å²) in [4.78, 5) is 14.9. The molecule has 162 valence electrons. The van der Waals surface area contributed by atoms with E-state index in [1.54, 1.807) is 12.1 Å². The first-order valence-electron chi connectivity index (χ1n) is 9.68. The molecule has 1 amide bonds. The van der Waals surface area contributed by atoms with Crippen molar-refractivity contribution in [1.29, 1.82) is 0 Å². The van der Waals surface area contributed by atoms with E-state index < -0.39 is 9.84 Å². The van der Waals surface area contributed by atoms with Crippen LogP contribution in [0.2, 0.25) is 0 Å². The fourth-order valence-electron chi connectivity index (χ4n) is 3.11. The van der Waals surface area contributed by atoms with Crippen LogP contribution in [0, 0.1) is 0 Å². The molecule has 0 aromatic heterocycles. The van der Waals surface area contributed by atoms with Gasteiger partial charge in [0.1, 0.15) is 5.75 Å². The van der Waals surface area contributed by atoms with Crippen LogP contribution in [0.25, 0.3) is 0 Å². The first-order valence-corrected chi connectivity index (χ1v) is 12.4. The molecule has 1 aliphatic heterocycles. The van der Waals surface area contributed by atoms with Gasteiger partial charge in [-0.15, -0.1) is 0 Å². The van der Waals surface area contributed by atoms with Crippen molar-refractivity contribution in [3.63, 3.8) is 0 Å². The highest BCUT2D eigenvalue weighted by molar-refractivity contribution is 9.10. The fraction of sp³-hybridized carbons (Fsp3) is 0.381. The van der Waals surface area contributed by atoms with E-state index in [1.165, 1.54) is 12.1 Å². The van der Waals surface area contributed by atoms with E-state index in [0.717, 1.165) is 35.2 Å². The molecule has 1 aliphatic rings. The van der Waals surface area contributed by atoms with Crippen molar-refractivity contribution in [2.75, 3.05) is 49.4 Å². The lowest BCUT2D eigenvalue weighted by Crippen LogP contribution is -2.36. The van der Waals surface area contributed by atoms with Crippen LogP contribution in [0.4, 0.5) is 11.4 Å². The van der Waals surface area contributed by atoms with Crippen molar-refractivity contribution in [2.45, 2.75) is 17.7 Å². The molecule has 0 bridgehead atoms. The molecule has 9 heteroatoms. The number of benzene rings is 2.